The molecule has 0 amide bonds. The van der Waals surface area contributed by atoms with Gasteiger partial charge in [-0.1, -0.05) is 0 Å². The summed E-state index contributed by atoms with van der Waals surface area (Å²) in [5.74, 6) is 0. The predicted molar refractivity (Wildman–Crippen MR) is 128 cm³/mol. The number of hydrogen-bond donors (Lipinski definition) is 10. The molecule has 20 atom stereocenters. The molecule has 4 saturated heterocycles. The largest absolute Gasteiger partial charge is 0.388 e. The lowest BCUT2D eigenvalue weighted by molar-refractivity contribution is -0.382. The van der Waals surface area contributed by atoms with Crippen LogP contribution in [0.5, 0.6) is 0 Å². The van der Waals surface area contributed by atoms with E-state index in [1.807, 2.05) is 0 Å². The highest BCUT2D eigenvalue weighted by molar-refractivity contribution is 4.96. The molecule has 0 spiro atoms. The summed E-state index contributed by atoms with van der Waals surface area (Å²) in [6.07, 6.45) is -28.8. The number of hydrogen-bond acceptors (Lipinski definition) is 17. The second-order valence-electron chi connectivity index (χ2n) is 11.1. The third kappa shape index (κ3) is 6.57. The zero-order valence-corrected chi connectivity index (χ0v) is 22.9. The van der Waals surface area contributed by atoms with E-state index < -0.39 is 123 Å². The van der Waals surface area contributed by atoms with Crippen LogP contribution in [0.2, 0.25) is 0 Å². The maximum Gasteiger partial charge on any atom is 0.187 e. The minimum atomic E-state index is -1.80. The fraction of sp³-hybridized carbons (Fsp3) is 1.00. The van der Waals surface area contributed by atoms with Crippen molar-refractivity contribution >= 4 is 0 Å². The van der Waals surface area contributed by atoms with Gasteiger partial charge in [0.1, 0.15) is 73.2 Å². The Balaban J connectivity index is 1.42. The minimum Gasteiger partial charge on any atom is -0.388 e. The van der Waals surface area contributed by atoms with Crippen molar-refractivity contribution in [2.75, 3.05) is 0 Å². The Labute approximate surface area is 235 Å². The number of ether oxygens (including phenoxy) is 7. The van der Waals surface area contributed by atoms with Crippen molar-refractivity contribution in [3.05, 3.63) is 0 Å². The molecule has 0 bridgehead atoms. The van der Waals surface area contributed by atoms with E-state index in [9.17, 15) is 51.1 Å². The lowest BCUT2D eigenvalue weighted by atomic mass is 9.96. The van der Waals surface area contributed by atoms with Crippen LogP contribution in [0.25, 0.3) is 0 Å². The average Bonchev–Trinajstić information content (AvgIpc) is 2.92. The van der Waals surface area contributed by atoms with Crippen molar-refractivity contribution in [3.8, 4) is 0 Å². The van der Waals surface area contributed by atoms with Crippen molar-refractivity contribution in [1.82, 2.24) is 0 Å². The van der Waals surface area contributed by atoms with Crippen LogP contribution >= 0.6 is 0 Å². The van der Waals surface area contributed by atoms with Gasteiger partial charge in [0.05, 0.1) is 24.4 Å². The minimum absolute atomic E-state index is 0.914. The van der Waals surface area contributed by atoms with Crippen molar-refractivity contribution in [2.45, 2.75) is 151 Å². The van der Waals surface area contributed by atoms with E-state index in [4.69, 9.17) is 33.2 Å². The van der Waals surface area contributed by atoms with Crippen LogP contribution in [0.1, 0.15) is 27.7 Å². The summed E-state index contributed by atoms with van der Waals surface area (Å²) < 4.78 is 38.8. The lowest BCUT2D eigenvalue weighted by Gasteiger charge is -2.48. The Hall–Kier alpha value is -0.680. The molecule has 0 aliphatic carbocycles. The molecule has 4 fully saturated rings. The Morgan fingerprint density at radius 1 is 0.341 bits per heavy atom. The first-order valence-electron chi connectivity index (χ1n) is 13.5. The van der Waals surface area contributed by atoms with Gasteiger partial charge in [-0.15, -0.1) is 0 Å². The third-order valence-electron chi connectivity index (χ3n) is 8.04. The molecule has 17 nitrogen and oxygen atoms in total. The van der Waals surface area contributed by atoms with Gasteiger partial charge in [-0.25, -0.2) is 0 Å². The zero-order chi connectivity index (χ0) is 30.5. The highest BCUT2D eigenvalue weighted by Crippen LogP contribution is 2.33. The molecule has 17 heteroatoms. The van der Waals surface area contributed by atoms with Gasteiger partial charge in [-0.2, -0.15) is 0 Å². The molecule has 0 radical (unpaired) electrons. The van der Waals surface area contributed by atoms with E-state index in [2.05, 4.69) is 0 Å². The van der Waals surface area contributed by atoms with Gasteiger partial charge in [0.2, 0.25) is 0 Å². The van der Waals surface area contributed by atoms with Crippen LogP contribution in [0, 0.1) is 0 Å². The van der Waals surface area contributed by atoms with Gasteiger partial charge in [0, 0.05) is 0 Å². The highest BCUT2D eigenvalue weighted by atomic mass is 16.8. The maximum absolute atomic E-state index is 11.0. The molecule has 0 aromatic carbocycles. The van der Waals surface area contributed by atoms with Gasteiger partial charge in [0.15, 0.2) is 25.2 Å². The first-order chi connectivity index (χ1) is 19.1. The third-order valence-corrected chi connectivity index (χ3v) is 8.04. The molecule has 0 saturated carbocycles. The first kappa shape index (κ1) is 33.2. The van der Waals surface area contributed by atoms with E-state index in [-0.39, 0.29) is 0 Å². The van der Waals surface area contributed by atoms with E-state index in [0.29, 0.717) is 0 Å². The quantitative estimate of drug-likeness (QED) is 0.136. The average molecular weight is 603 g/mol. The molecular formula is C24H42O17. The number of aliphatic hydroxyl groups excluding tert-OH is 10. The molecule has 4 rings (SSSR count). The van der Waals surface area contributed by atoms with Crippen molar-refractivity contribution in [2.24, 2.45) is 0 Å². The Kier molecular flexibility index (Phi) is 10.6. The maximum atomic E-state index is 11.0. The molecule has 240 valence electrons. The second-order valence-corrected chi connectivity index (χ2v) is 11.1. The summed E-state index contributed by atoms with van der Waals surface area (Å²) in [5.41, 5.74) is 0. The summed E-state index contributed by atoms with van der Waals surface area (Å²) in [6.45, 7) is 5.80. The summed E-state index contributed by atoms with van der Waals surface area (Å²) in [5, 5.41) is 103. The number of aliphatic hydroxyl groups is 10. The highest BCUT2D eigenvalue weighted by Gasteiger charge is 2.53. The van der Waals surface area contributed by atoms with Gasteiger partial charge in [-0.05, 0) is 27.7 Å². The summed E-state index contributed by atoms with van der Waals surface area (Å²) >= 11 is 0. The molecule has 0 aromatic rings. The molecule has 4 aliphatic heterocycles. The molecule has 0 aromatic heterocycles. The standard InChI is InChI=1S/C24H42O17/c1-5-9(25)11(27)15(31)22(36-5)39-19-8(4)38-23(16(32)13(19)29)41-20-10(26)6(2)37-24(17(20)33)40-18-7(3)35-21(34)14(30)12(18)28/h5-34H,1-4H3/t5-,6-,7-,8-,9+,10+,11+,12-,13-,14-,15-,16-,17-,18+,19+,20+,21+,22-,23-,24-/m0/s1. The van der Waals surface area contributed by atoms with Gasteiger partial charge < -0.3 is 84.2 Å². The van der Waals surface area contributed by atoms with Crippen LogP contribution in [-0.4, -0.2) is 174 Å². The van der Waals surface area contributed by atoms with Crippen molar-refractivity contribution < 1.29 is 84.2 Å². The lowest BCUT2D eigenvalue weighted by Crippen LogP contribution is -2.66. The first-order valence-corrected chi connectivity index (χ1v) is 13.5. The Morgan fingerprint density at radius 2 is 0.732 bits per heavy atom. The van der Waals surface area contributed by atoms with Gasteiger partial charge in [0.25, 0.3) is 0 Å². The summed E-state index contributed by atoms with van der Waals surface area (Å²) in [7, 11) is 0. The van der Waals surface area contributed by atoms with Crippen LogP contribution in [0.15, 0.2) is 0 Å². The Bertz CT molecular complexity index is 853. The summed E-state index contributed by atoms with van der Waals surface area (Å²) in [4.78, 5) is 0. The smallest absolute Gasteiger partial charge is 0.187 e. The SMILES string of the molecule is C[C@@H]1O[C@@H](O[C@H]2[C@@H](O)[C@H](O)[C@H](O[C@H]3[C@H](O)[C@H](O[C@H]4[C@@H](O)[C@H](O)[C@H](O)O[C@H]4C)O[C@@H](C)[C@H]3O)O[C@H]2C)[C@@H](O)[C@H](O)[C@@H]1O. The molecular weight excluding hydrogens is 560 g/mol. The fourth-order valence-corrected chi connectivity index (χ4v) is 5.38. The van der Waals surface area contributed by atoms with Crippen LogP contribution < -0.4 is 0 Å². The molecule has 0 unspecified atom stereocenters. The summed E-state index contributed by atoms with van der Waals surface area (Å²) in [6, 6.07) is 0. The van der Waals surface area contributed by atoms with E-state index in [1.165, 1.54) is 27.7 Å². The van der Waals surface area contributed by atoms with E-state index in [0.717, 1.165) is 0 Å². The van der Waals surface area contributed by atoms with E-state index >= 15 is 0 Å². The van der Waals surface area contributed by atoms with Crippen LogP contribution in [-0.2, 0) is 33.2 Å². The monoisotopic (exact) mass is 602 g/mol. The Morgan fingerprint density at radius 3 is 1.29 bits per heavy atom. The van der Waals surface area contributed by atoms with Gasteiger partial charge >= 0.3 is 0 Å². The van der Waals surface area contributed by atoms with Gasteiger partial charge in [-0.3, -0.25) is 0 Å². The predicted octanol–water partition coefficient (Wildman–Crippen LogP) is -5.64. The topological polar surface area (TPSA) is 267 Å². The normalized spacial score (nSPS) is 56.9. The van der Waals surface area contributed by atoms with Crippen molar-refractivity contribution in [1.29, 1.82) is 0 Å². The van der Waals surface area contributed by atoms with Crippen LogP contribution in [0.4, 0.5) is 0 Å². The fourth-order valence-electron chi connectivity index (χ4n) is 5.38. The van der Waals surface area contributed by atoms with Crippen molar-refractivity contribution in [3.63, 3.8) is 0 Å². The molecule has 4 heterocycles. The second kappa shape index (κ2) is 13.1. The zero-order valence-electron chi connectivity index (χ0n) is 22.9. The molecule has 41 heavy (non-hydrogen) atoms. The molecule has 10 N–H and O–H groups in total. The number of rotatable bonds is 6. The van der Waals surface area contributed by atoms with E-state index in [1.54, 1.807) is 0 Å². The molecule has 4 aliphatic rings. The van der Waals surface area contributed by atoms with Crippen LogP contribution in [0.3, 0.4) is 0 Å².